The molecule has 0 aliphatic rings. The van der Waals surface area contributed by atoms with E-state index in [1.165, 1.54) is 30.3 Å². The maximum Gasteiger partial charge on any atom is 0.339 e. The van der Waals surface area contributed by atoms with Gasteiger partial charge < -0.3 is 9.84 Å². The van der Waals surface area contributed by atoms with Gasteiger partial charge in [0.15, 0.2) is 11.6 Å². The molecule has 2 aromatic carbocycles. The van der Waals surface area contributed by atoms with Crippen LogP contribution in [0.15, 0.2) is 40.9 Å². The molecule has 0 aliphatic carbocycles. The van der Waals surface area contributed by atoms with E-state index < -0.39 is 11.8 Å². The summed E-state index contributed by atoms with van der Waals surface area (Å²) in [6, 6.07) is 8.68. The largest absolute Gasteiger partial charge is 0.478 e. The molecule has 0 bridgehead atoms. The Morgan fingerprint density at radius 2 is 2.00 bits per heavy atom. The Labute approximate surface area is 121 Å². The summed E-state index contributed by atoms with van der Waals surface area (Å²) in [6.07, 6.45) is 0. The quantitative estimate of drug-likeness (QED) is 0.874. The second-order valence-electron chi connectivity index (χ2n) is 3.60. The lowest BCUT2D eigenvalue weighted by Crippen LogP contribution is -2.00. The van der Waals surface area contributed by atoms with Crippen molar-refractivity contribution in [3.63, 3.8) is 0 Å². The van der Waals surface area contributed by atoms with Crippen molar-refractivity contribution < 1.29 is 19.0 Å². The van der Waals surface area contributed by atoms with Crippen LogP contribution in [-0.2, 0) is 0 Å². The third-order valence-corrected chi connectivity index (χ3v) is 3.09. The summed E-state index contributed by atoms with van der Waals surface area (Å²) in [6.45, 7) is 0. The summed E-state index contributed by atoms with van der Waals surface area (Å²) >= 11 is 8.79. The highest BCUT2D eigenvalue weighted by molar-refractivity contribution is 9.10. The van der Waals surface area contributed by atoms with Crippen LogP contribution in [0.4, 0.5) is 4.39 Å². The molecule has 3 nitrogen and oxygen atoms in total. The van der Waals surface area contributed by atoms with E-state index >= 15 is 0 Å². The molecule has 0 saturated heterocycles. The molecule has 0 spiro atoms. The zero-order chi connectivity index (χ0) is 14.0. The average molecular weight is 346 g/mol. The molecule has 0 saturated carbocycles. The number of aromatic carboxylic acids is 1. The molecule has 0 fully saturated rings. The minimum atomic E-state index is -1.17. The fourth-order valence-corrected chi connectivity index (χ4v) is 1.97. The van der Waals surface area contributed by atoms with Gasteiger partial charge in [-0.15, -0.1) is 0 Å². The van der Waals surface area contributed by atoms with Crippen molar-refractivity contribution in [3.05, 3.63) is 57.3 Å². The third-order valence-electron chi connectivity index (χ3n) is 2.31. The Kier molecular flexibility index (Phi) is 4.07. The zero-order valence-corrected chi connectivity index (χ0v) is 11.7. The molecule has 0 radical (unpaired) electrons. The number of benzene rings is 2. The van der Waals surface area contributed by atoms with Crippen LogP contribution in [0.1, 0.15) is 10.4 Å². The number of hydrogen-bond acceptors (Lipinski definition) is 2. The summed E-state index contributed by atoms with van der Waals surface area (Å²) in [7, 11) is 0. The first-order valence-corrected chi connectivity index (χ1v) is 6.31. The van der Waals surface area contributed by atoms with Crippen molar-refractivity contribution in [1.82, 2.24) is 0 Å². The van der Waals surface area contributed by atoms with Crippen LogP contribution in [-0.4, -0.2) is 11.1 Å². The molecule has 2 aromatic rings. The smallest absolute Gasteiger partial charge is 0.339 e. The number of rotatable bonds is 3. The highest BCUT2D eigenvalue weighted by Gasteiger charge is 2.15. The fraction of sp³-hybridized carbons (Fsp3) is 0. The average Bonchev–Trinajstić information content (AvgIpc) is 2.36. The Balaban J connectivity index is 2.44. The van der Waals surface area contributed by atoms with Crippen molar-refractivity contribution in [2.75, 3.05) is 0 Å². The summed E-state index contributed by atoms with van der Waals surface area (Å²) in [5.74, 6) is -1.99. The Morgan fingerprint density at radius 1 is 1.26 bits per heavy atom. The highest BCUT2D eigenvalue weighted by atomic mass is 79.9. The number of carboxylic acids is 1. The van der Waals surface area contributed by atoms with Crippen molar-refractivity contribution >= 4 is 33.5 Å². The van der Waals surface area contributed by atoms with Gasteiger partial charge in [-0.3, -0.25) is 0 Å². The van der Waals surface area contributed by atoms with E-state index in [2.05, 4.69) is 15.9 Å². The normalized spacial score (nSPS) is 10.3. The van der Waals surface area contributed by atoms with Crippen molar-refractivity contribution in [3.8, 4) is 11.5 Å². The SMILES string of the molecule is O=C(O)c1cc(Br)ccc1Oc1cccc(Cl)c1F. The Morgan fingerprint density at radius 3 is 2.68 bits per heavy atom. The van der Waals surface area contributed by atoms with Gasteiger partial charge in [0.25, 0.3) is 0 Å². The molecule has 19 heavy (non-hydrogen) atoms. The fourth-order valence-electron chi connectivity index (χ4n) is 1.44. The van der Waals surface area contributed by atoms with Crippen LogP contribution in [0, 0.1) is 5.82 Å². The van der Waals surface area contributed by atoms with Gasteiger partial charge in [-0.1, -0.05) is 33.6 Å². The summed E-state index contributed by atoms with van der Waals surface area (Å²) in [4.78, 5) is 11.1. The van der Waals surface area contributed by atoms with E-state index in [4.69, 9.17) is 21.4 Å². The maximum atomic E-state index is 13.7. The van der Waals surface area contributed by atoms with Gasteiger partial charge in [-0.25, -0.2) is 9.18 Å². The highest BCUT2D eigenvalue weighted by Crippen LogP contribution is 2.32. The molecule has 98 valence electrons. The van der Waals surface area contributed by atoms with E-state index in [0.717, 1.165) is 0 Å². The maximum absolute atomic E-state index is 13.7. The van der Waals surface area contributed by atoms with E-state index in [9.17, 15) is 9.18 Å². The number of ether oxygens (including phenoxy) is 1. The molecule has 6 heteroatoms. The lowest BCUT2D eigenvalue weighted by Gasteiger charge is -2.10. The van der Waals surface area contributed by atoms with Gasteiger partial charge in [0.05, 0.1) is 5.02 Å². The van der Waals surface area contributed by atoms with Gasteiger partial charge in [0, 0.05) is 4.47 Å². The van der Waals surface area contributed by atoms with E-state index in [0.29, 0.717) is 4.47 Å². The van der Waals surface area contributed by atoms with Gasteiger partial charge in [0.1, 0.15) is 11.3 Å². The van der Waals surface area contributed by atoms with Crippen LogP contribution >= 0.6 is 27.5 Å². The molecular weight excluding hydrogens is 338 g/mol. The minimum Gasteiger partial charge on any atom is -0.478 e. The molecule has 0 amide bonds. The predicted molar refractivity (Wildman–Crippen MR) is 72.6 cm³/mol. The van der Waals surface area contributed by atoms with Crippen molar-refractivity contribution in [2.24, 2.45) is 0 Å². The second kappa shape index (κ2) is 5.59. The van der Waals surface area contributed by atoms with Crippen molar-refractivity contribution in [2.45, 2.75) is 0 Å². The van der Waals surface area contributed by atoms with Crippen LogP contribution < -0.4 is 4.74 Å². The summed E-state index contributed by atoms with van der Waals surface area (Å²) in [5, 5.41) is 8.98. The van der Waals surface area contributed by atoms with E-state index in [1.807, 2.05) is 0 Å². The molecule has 0 heterocycles. The Bertz CT molecular complexity index is 646. The van der Waals surface area contributed by atoms with Gasteiger partial charge in [0.2, 0.25) is 0 Å². The molecule has 0 aromatic heterocycles. The number of hydrogen-bond donors (Lipinski definition) is 1. The zero-order valence-electron chi connectivity index (χ0n) is 9.36. The molecule has 0 aliphatic heterocycles. The molecule has 0 atom stereocenters. The number of halogens is 3. The third kappa shape index (κ3) is 3.05. The van der Waals surface area contributed by atoms with Crippen LogP contribution in [0.5, 0.6) is 11.5 Å². The van der Waals surface area contributed by atoms with Crippen LogP contribution in [0.25, 0.3) is 0 Å². The van der Waals surface area contributed by atoms with Gasteiger partial charge in [-0.05, 0) is 30.3 Å². The van der Waals surface area contributed by atoms with Crippen molar-refractivity contribution in [1.29, 1.82) is 0 Å². The van der Waals surface area contributed by atoms with Crippen LogP contribution in [0.2, 0.25) is 5.02 Å². The summed E-state index contributed by atoms with van der Waals surface area (Å²) in [5.41, 5.74) is -0.0752. The molecule has 0 unspecified atom stereocenters. The first-order chi connectivity index (χ1) is 8.99. The molecular formula is C13H7BrClFO3. The van der Waals surface area contributed by atoms with Crippen LogP contribution in [0.3, 0.4) is 0 Å². The number of carbonyl (C=O) groups is 1. The van der Waals surface area contributed by atoms with E-state index in [-0.39, 0.29) is 22.1 Å². The predicted octanol–water partition coefficient (Wildman–Crippen LogP) is 4.73. The lowest BCUT2D eigenvalue weighted by atomic mass is 10.2. The minimum absolute atomic E-state index is 0.0388. The summed E-state index contributed by atoms with van der Waals surface area (Å²) < 4.78 is 19.5. The monoisotopic (exact) mass is 344 g/mol. The van der Waals surface area contributed by atoms with Gasteiger partial charge in [-0.2, -0.15) is 0 Å². The van der Waals surface area contributed by atoms with E-state index in [1.54, 1.807) is 6.07 Å². The topological polar surface area (TPSA) is 46.5 Å². The Hall–Kier alpha value is -1.59. The molecule has 2 rings (SSSR count). The molecule has 1 N–H and O–H groups in total. The second-order valence-corrected chi connectivity index (χ2v) is 4.92. The first-order valence-electron chi connectivity index (χ1n) is 5.13. The standard InChI is InChI=1S/C13H7BrClFO3/c14-7-4-5-10(8(6-7)13(17)18)19-11-3-1-2-9(15)12(11)16/h1-6H,(H,17,18). The van der Waals surface area contributed by atoms with Gasteiger partial charge >= 0.3 is 5.97 Å². The number of carboxylic acid groups (broad SMARTS) is 1. The first kappa shape index (κ1) is 13.8. The lowest BCUT2D eigenvalue weighted by molar-refractivity contribution is 0.0694.